The first-order valence-corrected chi connectivity index (χ1v) is 9.38. The third-order valence-electron chi connectivity index (χ3n) is 3.93. The van der Waals surface area contributed by atoms with Crippen LogP contribution < -0.4 is 0 Å². The van der Waals surface area contributed by atoms with Gasteiger partial charge in [-0.1, -0.05) is 112 Å². The highest BCUT2D eigenvalue weighted by Crippen LogP contribution is 2.11. The van der Waals surface area contributed by atoms with E-state index in [0.29, 0.717) is 0 Å². The van der Waals surface area contributed by atoms with Crippen LogP contribution in [0.2, 0.25) is 0 Å². The molecule has 0 aromatic carbocycles. The van der Waals surface area contributed by atoms with Crippen LogP contribution in [0, 0.1) is 6.08 Å². The molecule has 0 saturated heterocycles. The molecule has 0 aromatic rings. The molecule has 0 atom stereocenters. The van der Waals surface area contributed by atoms with Crippen LogP contribution in [0.1, 0.15) is 70.6 Å². The zero-order valence-electron chi connectivity index (χ0n) is 14.6. The van der Waals surface area contributed by atoms with E-state index < -0.39 is 0 Å². The molecule has 0 fully saturated rings. The zero-order valence-corrected chi connectivity index (χ0v) is 14.6. The van der Waals surface area contributed by atoms with Gasteiger partial charge in [0.15, 0.2) is 0 Å². The molecule has 125 valence electrons. The second-order valence-corrected chi connectivity index (χ2v) is 6.06. The summed E-state index contributed by atoms with van der Waals surface area (Å²) >= 11 is 0. The number of hydrogen-bond acceptors (Lipinski definition) is 0. The Hall–Kier alpha value is -1.56. The molecule has 0 aromatic heterocycles. The van der Waals surface area contributed by atoms with Crippen LogP contribution in [0.5, 0.6) is 0 Å². The third-order valence-corrected chi connectivity index (χ3v) is 3.93. The minimum atomic E-state index is 1.09. The van der Waals surface area contributed by atoms with E-state index in [0.717, 1.165) is 6.42 Å². The lowest BCUT2D eigenvalue weighted by Crippen LogP contribution is -1.81. The SMILES string of the molecule is [C]1=C/C=C/C=C/C=C/C=C\C=C\CCCCCCCCCCC/1. The van der Waals surface area contributed by atoms with E-state index in [1.54, 1.807) is 0 Å². The van der Waals surface area contributed by atoms with E-state index in [2.05, 4.69) is 54.7 Å². The maximum atomic E-state index is 3.35. The summed E-state index contributed by atoms with van der Waals surface area (Å²) in [6.07, 6.45) is 41.0. The van der Waals surface area contributed by atoms with Crippen molar-refractivity contribution >= 4 is 0 Å². The van der Waals surface area contributed by atoms with Crippen LogP contribution in [-0.4, -0.2) is 0 Å². The van der Waals surface area contributed by atoms with E-state index in [1.807, 2.05) is 18.2 Å². The molecule has 0 heteroatoms. The van der Waals surface area contributed by atoms with Crippen LogP contribution >= 0.6 is 0 Å². The molecule has 23 heavy (non-hydrogen) atoms. The van der Waals surface area contributed by atoms with Crippen molar-refractivity contribution in [3.8, 4) is 0 Å². The highest BCUT2D eigenvalue weighted by molar-refractivity contribution is 5.19. The highest BCUT2D eigenvalue weighted by Gasteiger charge is 1.92. The molecule has 0 unspecified atom stereocenters. The van der Waals surface area contributed by atoms with Gasteiger partial charge >= 0.3 is 0 Å². The van der Waals surface area contributed by atoms with Gasteiger partial charge in [-0.05, 0) is 31.8 Å². The van der Waals surface area contributed by atoms with Crippen molar-refractivity contribution in [3.63, 3.8) is 0 Å². The summed E-state index contributed by atoms with van der Waals surface area (Å²) in [6, 6.07) is 0. The predicted octanol–water partition coefficient (Wildman–Crippen LogP) is 7.43. The summed E-state index contributed by atoms with van der Waals surface area (Å²) < 4.78 is 0. The van der Waals surface area contributed by atoms with Crippen LogP contribution in [0.25, 0.3) is 0 Å². The summed E-state index contributed by atoms with van der Waals surface area (Å²) in [5.41, 5.74) is 0. The largest absolute Gasteiger partial charge is 0.0845 e. The smallest absolute Gasteiger partial charge is 0.0276 e. The minimum absolute atomic E-state index is 1.09. The lowest BCUT2D eigenvalue weighted by molar-refractivity contribution is 0.560. The first-order chi connectivity index (χ1) is 11.5. The van der Waals surface area contributed by atoms with Gasteiger partial charge in [-0.3, -0.25) is 0 Å². The Bertz CT molecular complexity index is 375. The Labute approximate surface area is 144 Å². The number of hydrogen-bond donors (Lipinski definition) is 0. The monoisotopic (exact) mass is 309 g/mol. The molecule has 1 aliphatic rings. The lowest BCUT2D eigenvalue weighted by atomic mass is 10.1. The van der Waals surface area contributed by atoms with Crippen LogP contribution in [0.4, 0.5) is 0 Å². The molecule has 0 bridgehead atoms. The molecule has 0 saturated carbocycles. The summed E-state index contributed by atoms with van der Waals surface area (Å²) in [4.78, 5) is 0. The van der Waals surface area contributed by atoms with Crippen molar-refractivity contribution in [2.75, 3.05) is 0 Å². The molecular formula is C23H33. The molecule has 0 heterocycles. The minimum Gasteiger partial charge on any atom is -0.0845 e. The fourth-order valence-corrected chi connectivity index (χ4v) is 2.56. The fourth-order valence-electron chi connectivity index (χ4n) is 2.56. The predicted molar refractivity (Wildman–Crippen MR) is 104 cm³/mol. The Kier molecular flexibility index (Phi) is 14.2. The van der Waals surface area contributed by atoms with Crippen LogP contribution in [0.15, 0.2) is 66.8 Å². The van der Waals surface area contributed by atoms with Gasteiger partial charge < -0.3 is 0 Å². The van der Waals surface area contributed by atoms with Crippen molar-refractivity contribution in [3.05, 3.63) is 72.9 Å². The molecule has 0 spiro atoms. The Morgan fingerprint density at radius 3 is 1.57 bits per heavy atom. The normalized spacial score (nSPS) is 28.2. The molecule has 0 nitrogen and oxygen atoms in total. The number of rotatable bonds is 0. The van der Waals surface area contributed by atoms with Gasteiger partial charge in [0.05, 0.1) is 0 Å². The number of allylic oxidation sites excluding steroid dienone is 12. The molecule has 1 rings (SSSR count). The van der Waals surface area contributed by atoms with E-state index >= 15 is 0 Å². The van der Waals surface area contributed by atoms with Crippen molar-refractivity contribution in [2.24, 2.45) is 0 Å². The van der Waals surface area contributed by atoms with Gasteiger partial charge in [0.25, 0.3) is 0 Å². The quantitative estimate of drug-likeness (QED) is 0.436. The standard InChI is InChI=1S/C23H33/c1-2-4-6-8-10-12-14-16-18-20-22-23-21-19-17-15-13-11-9-7-5-3-1/h1-11H,12,14-23H2/b2-1+,5-3+,6-4-,9-7+,10-8+,13-11?. The molecule has 1 aliphatic carbocycles. The summed E-state index contributed by atoms with van der Waals surface area (Å²) in [5, 5.41) is 0. The Morgan fingerprint density at radius 2 is 0.913 bits per heavy atom. The molecule has 1 radical (unpaired) electrons. The Balaban J connectivity index is 2.32. The highest BCUT2D eigenvalue weighted by atomic mass is 14.0. The van der Waals surface area contributed by atoms with Gasteiger partial charge in [0.2, 0.25) is 0 Å². The van der Waals surface area contributed by atoms with Crippen LogP contribution in [-0.2, 0) is 0 Å². The fraction of sp³-hybridized carbons (Fsp3) is 0.478. The first-order valence-electron chi connectivity index (χ1n) is 9.38. The topological polar surface area (TPSA) is 0 Å². The van der Waals surface area contributed by atoms with Gasteiger partial charge in [-0.2, -0.15) is 0 Å². The molecular weight excluding hydrogens is 276 g/mol. The molecule has 0 amide bonds. The summed E-state index contributed by atoms with van der Waals surface area (Å²) in [6.45, 7) is 0. The second-order valence-electron chi connectivity index (χ2n) is 6.06. The van der Waals surface area contributed by atoms with E-state index in [1.165, 1.54) is 64.2 Å². The van der Waals surface area contributed by atoms with Crippen LogP contribution in [0.3, 0.4) is 0 Å². The summed E-state index contributed by atoms with van der Waals surface area (Å²) in [7, 11) is 0. The van der Waals surface area contributed by atoms with Gasteiger partial charge in [-0.15, -0.1) is 0 Å². The van der Waals surface area contributed by atoms with E-state index in [4.69, 9.17) is 0 Å². The molecule has 0 aliphatic heterocycles. The van der Waals surface area contributed by atoms with Gasteiger partial charge in [-0.25, -0.2) is 0 Å². The van der Waals surface area contributed by atoms with Crippen molar-refractivity contribution < 1.29 is 0 Å². The second kappa shape index (κ2) is 16.8. The first kappa shape index (κ1) is 19.5. The zero-order chi connectivity index (χ0) is 16.3. The van der Waals surface area contributed by atoms with Crippen molar-refractivity contribution in [1.82, 2.24) is 0 Å². The average Bonchev–Trinajstić information content (AvgIpc) is 2.56. The maximum Gasteiger partial charge on any atom is -0.0276 e. The summed E-state index contributed by atoms with van der Waals surface area (Å²) in [5.74, 6) is 0. The third kappa shape index (κ3) is 15.1. The van der Waals surface area contributed by atoms with Crippen molar-refractivity contribution in [1.29, 1.82) is 0 Å². The van der Waals surface area contributed by atoms with E-state index in [9.17, 15) is 0 Å². The molecule has 0 N–H and O–H groups in total. The maximum absolute atomic E-state index is 3.35. The lowest BCUT2D eigenvalue weighted by Gasteiger charge is -2.01. The van der Waals surface area contributed by atoms with Crippen molar-refractivity contribution in [2.45, 2.75) is 70.6 Å². The average molecular weight is 310 g/mol. The van der Waals surface area contributed by atoms with Gasteiger partial charge in [0, 0.05) is 0 Å². The van der Waals surface area contributed by atoms with Gasteiger partial charge in [0.1, 0.15) is 0 Å². The Morgan fingerprint density at radius 1 is 0.435 bits per heavy atom. The van der Waals surface area contributed by atoms with E-state index in [-0.39, 0.29) is 0 Å².